The first-order chi connectivity index (χ1) is 10.9. The zero-order valence-corrected chi connectivity index (χ0v) is 13.6. The van der Waals surface area contributed by atoms with Crippen molar-refractivity contribution in [1.82, 2.24) is 9.55 Å². The van der Waals surface area contributed by atoms with Gasteiger partial charge in [-0.15, -0.1) is 0 Å². The fourth-order valence-corrected chi connectivity index (χ4v) is 3.03. The lowest BCUT2D eigenvalue weighted by Gasteiger charge is -2.07. The molecule has 0 amide bonds. The van der Waals surface area contributed by atoms with E-state index in [1.165, 1.54) is 17.8 Å². The Labute approximate surface area is 133 Å². The van der Waals surface area contributed by atoms with Crippen LogP contribution in [0.1, 0.15) is 39.7 Å². The van der Waals surface area contributed by atoms with E-state index >= 15 is 0 Å². The molecule has 0 unspecified atom stereocenters. The van der Waals surface area contributed by atoms with Gasteiger partial charge < -0.3 is 4.42 Å². The number of Topliss-reactive ketones (excluding diaryl/α,β-unsaturated/α-hetero) is 1. The van der Waals surface area contributed by atoms with Crippen LogP contribution in [0.4, 0.5) is 0 Å². The van der Waals surface area contributed by atoms with Crippen LogP contribution < -0.4 is 5.56 Å². The van der Waals surface area contributed by atoms with E-state index in [1.54, 1.807) is 6.92 Å². The number of rotatable bonds is 3. The Hall–Kier alpha value is -2.69. The van der Waals surface area contributed by atoms with Crippen molar-refractivity contribution in [2.24, 2.45) is 0 Å². The van der Waals surface area contributed by atoms with Crippen LogP contribution in [0, 0.1) is 20.8 Å². The zero-order valence-electron chi connectivity index (χ0n) is 13.6. The van der Waals surface area contributed by atoms with E-state index in [-0.39, 0.29) is 22.4 Å². The fraction of sp³-hybridized carbons (Fsp3) is 0.278. The molecule has 0 fully saturated rings. The molecule has 0 spiro atoms. The normalized spacial score (nSPS) is 11.1. The van der Waals surface area contributed by atoms with Crippen LogP contribution in [0.2, 0.25) is 0 Å². The molecule has 0 radical (unpaired) electrons. The number of carbonyl (C=O) groups is 1. The Morgan fingerprint density at radius 2 is 1.83 bits per heavy atom. The summed E-state index contributed by atoms with van der Waals surface area (Å²) in [5.74, 6) is 0.241. The van der Waals surface area contributed by atoms with Crippen LogP contribution in [-0.4, -0.2) is 15.3 Å². The van der Waals surface area contributed by atoms with E-state index in [0.717, 1.165) is 16.7 Å². The molecule has 0 bridgehead atoms. The third kappa shape index (κ3) is 2.70. The molecule has 118 valence electrons. The number of benzene rings is 1. The molecule has 5 heteroatoms. The molecule has 1 aromatic carbocycles. The third-order valence-electron chi connectivity index (χ3n) is 3.84. The zero-order chi connectivity index (χ0) is 16.7. The summed E-state index contributed by atoms with van der Waals surface area (Å²) >= 11 is 0. The Kier molecular flexibility index (Phi) is 3.64. The summed E-state index contributed by atoms with van der Waals surface area (Å²) in [4.78, 5) is 28.8. The lowest BCUT2D eigenvalue weighted by molar-refractivity contribution is 0.101. The SMILES string of the molecule is CC(=O)c1c(C)oc2ncn(Cc3cc(C)cc(C)c3)c(=O)c12. The van der Waals surface area contributed by atoms with Crippen molar-refractivity contribution in [3.8, 4) is 0 Å². The molecule has 3 rings (SSSR count). The predicted molar refractivity (Wildman–Crippen MR) is 88.0 cm³/mol. The number of aromatic nitrogens is 2. The summed E-state index contributed by atoms with van der Waals surface area (Å²) < 4.78 is 6.95. The summed E-state index contributed by atoms with van der Waals surface area (Å²) in [6.45, 7) is 7.55. The Morgan fingerprint density at radius 3 is 2.43 bits per heavy atom. The number of nitrogens with zero attached hydrogens (tertiary/aromatic N) is 2. The van der Waals surface area contributed by atoms with Crippen molar-refractivity contribution in [2.45, 2.75) is 34.2 Å². The number of furan rings is 1. The highest BCUT2D eigenvalue weighted by molar-refractivity contribution is 6.06. The minimum Gasteiger partial charge on any atom is -0.442 e. The van der Waals surface area contributed by atoms with E-state index in [9.17, 15) is 9.59 Å². The van der Waals surface area contributed by atoms with Crippen molar-refractivity contribution >= 4 is 16.9 Å². The summed E-state index contributed by atoms with van der Waals surface area (Å²) in [7, 11) is 0. The van der Waals surface area contributed by atoms with Gasteiger partial charge in [0.05, 0.1) is 12.1 Å². The summed E-state index contributed by atoms with van der Waals surface area (Å²) in [6, 6.07) is 6.16. The second kappa shape index (κ2) is 5.50. The van der Waals surface area contributed by atoms with Crippen molar-refractivity contribution in [3.63, 3.8) is 0 Å². The highest BCUT2D eigenvalue weighted by Crippen LogP contribution is 2.21. The van der Waals surface area contributed by atoms with Gasteiger partial charge in [-0.1, -0.05) is 29.3 Å². The van der Waals surface area contributed by atoms with Crippen LogP contribution >= 0.6 is 0 Å². The van der Waals surface area contributed by atoms with E-state index in [1.807, 2.05) is 26.0 Å². The van der Waals surface area contributed by atoms with Crippen molar-refractivity contribution < 1.29 is 9.21 Å². The van der Waals surface area contributed by atoms with Gasteiger partial charge >= 0.3 is 0 Å². The van der Waals surface area contributed by atoms with E-state index < -0.39 is 0 Å². The minimum absolute atomic E-state index is 0.190. The maximum Gasteiger partial charge on any atom is 0.265 e. The predicted octanol–water partition coefficient (Wildman–Crippen LogP) is 3.17. The summed E-state index contributed by atoms with van der Waals surface area (Å²) in [6.07, 6.45) is 1.47. The Bertz CT molecular complexity index is 960. The molecule has 5 nitrogen and oxygen atoms in total. The van der Waals surface area contributed by atoms with E-state index in [0.29, 0.717) is 17.9 Å². The maximum atomic E-state index is 12.8. The largest absolute Gasteiger partial charge is 0.442 e. The Morgan fingerprint density at radius 1 is 1.17 bits per heavy atom. The van der Waals surface area contributed by atoms with Crippen LogP contribution in [-0.2, 0) is 6.54 Å². The second-order valence-corrected chi connectivity index (χ2v) is 5.94. The quantitative estimate of drug-likeness (QED) is 0.697. The topological polar surface area (TPSA) is 65.1 Å². The summed E-state index contributed by atoms with van der Waals surface area (Å²) in [5, 5.41) is 0.266. The van der Waals surface area contributed by atoms with Crippen LogP contribution in [0.5, 0.6) is 0 Å². The van der Waals surface area contributed by atoms with Crippen LogP contribution in [0.15, 0.2) is 33.7 Å². The van der Waals surface area contributed by atoms with Crippen molar-refractivity contribution in [1.29, 1.82) is 0 Å². The van der Waals surface area contributed by atoms with Gasteiger partial charge in [0.25, 0.3) is 5.56 Å². The molecular weight excluding hydrogens is 292 g/mol. The first-order valence-corrected chi connectivity index (χ1v) is 7.43. The molecule has 0 aliphatic carbocycles. The molecule has 3 aromatic rings. The molecule has 23 heavy (non-hydrogen) atoms. The van der Waals surface area contributed by atoms with Gasteiger partial charge in [0.15, 0.2) is 5.78 Å². The molecule has 0 saturated heterocycles. The van der Waals surface area contributed by atoms with Gasteiger partial charge in [-0.2, -0.15) is 0 Å². The van der Waals surface area contributed by atoms with Gasteiger partial charge in [0.2, 0.25) is 5.71 Å². The fourth-order valence-electron chi connectivity index (χ4n) is 3.03. The van der Waals surface area contributed by atoms with E-state index in [4.69, 9.17) is 4.42 Å². The highest BCUT2D eigenvalue weighted by Gasteiger charge is 2.20. The van der Waals surface area contributed by atoms with Crippen LogP contribution in [0.25, 0.3) is 11.1 Å². The smallest absolute Gasteiger partial charge is 0.265 e. The Balaban J connectivity index is 2.15. The van der Waals surface area contributed by atoms with Gasteiger partial charge in [0, 0.05) is 0 Å². The van der Waals surface area contributed by atoms with E-state index in [2.05, 4.69) is 11.1 Å². The lowest BCUT2D eigenvalue weighted by Crippen LogP contribution is -2.22. The number of hydrogen-bond acceptors (Lipinski definition) is 4. The van der Waals surface area contributed by atoms with Crippen LogP contribution in [0.3, 0.4) is 0 Å². The number of fused-ring (bicyclic) bond motifs is 1. The summed E-state index contributed by atoms with van der Waals surface area (Å²) in [5.41, 5.74) is 3.60. The molecule has 0 N–H and O–H groups in total. The first kappa shape index (κ1) is 15.2. The standard InChI is InChI=1S/C18H18N2O3/c1-10-5-11(2)7-14(6-10)8-20-9-19-17-16(18(20)22)15(12(3)21)13(4)23-17/h5-7,9H,8H2,1-4H3. The number of ketones is 1. The molecular formula is C18H18N2O3. The first-order valence-electron chi connectivity index (χ1n) is 7.43. The van der Waals surface area contributed by atoms with Gasteiger partial charge in [-0.3, -0.25) is 14.2 Å². The number of aryl methyl sites for hydroxylation is 3. The van der Waals surface area contributed by atoms with Gasteiger partial charge in [0.1, 0.15) is 17.5 Å². The molecule has 0 aliphatic rings. The molecule has 0 saturated carbocycles. The molecule has 0 atom stereocenters. The molecule has 0 aliphatic heterocycles. The van der Waals surface area contributed by atoms with Crippen molar-refractivity contribution in [3.05, 3.63) is 62.9 Å². The number of hydrogen-bond donors (Lipinski definition) is 0. The molecule has 2 aromatic heterocycles. The second-order valence-electron chi connectivity index (χ2n) is 5.94. The van der Waals surface area contributed by atoms with Crippen molar-refractivity contribution in [2.75, 3.05) is 0 Å². The third-order valence-corrected chi connectivity index (χ3v) is 3.84. The monoisotopic (exact) mass is 310 g/mol. The lowest BCUT2D eigenvalue weighted by atomic mass is 10.1. The average Bonchev–Trinajstić information content (AvgIpc) is 2.78. The average molecular weight is 310 g/mol. The van der Waals surface area contributed by atoms with Gasteiger partial charge in [-0.25, -0.2) is 4.98 Å². The maximum absolute atomic E-state index is 12.8. The minimum atomic E-state index is -0.254. The number of carbonyl (C=O) groups excluding carboxylic acids is 1. The molecule has 2 heterocycles. The van der Waals surface area contributed by atoms with Gasteiger partial charge in [-0.05, 0) is 33.3 Å². The highest BCUT2D eigenvalue weighted by atomic mass is 16.3.